The number of carboxylic acids is 1. The Balaban J connectivity index is 2.55. The zero-order chi connectivity index (χ0) is 15.1. The lowest BCUT2D eigenvalue weighted by Gasteiger charge is -2.20. The Labute approximate surface area is 127 Å². The molecule has 2 atom stereocenters. The number of benzene rings is 1. The van der Waals surface area contributed by atoms with E-state index in [4.69, 9.17) is 16.7 Å². The first-order valence-electron chi connectivity index (χ1n) is 6.35. The van der Waals surface area contributed by atoms with Gasteiger partial charge in [0, 0.05) is 4.90 Å². The highest BCUT2D eigenvalue weighted by atomic mass is 35.5. The zero-order valence-electron chi connectivity index (χ0n) is 11.4. The summed E-state index contributed by atoms with van der Waals surface area (Å²) >= 11 is 7.28. The van der Waals surface area contributed by atoms with E-state index in [1.165, 1.54) is 11.8 Å². The molecular formula is C14H18ClNO3S. The number of hydrogen-bond acceptors (Lipinski definition) is 3. The van der Waals surface area contributed by atoms with Crippen molar-refractivity contribution in [3.8, 4) is 0 Å². The van der Waals surface area contributed by atoms with Crippen molar-refractivity contribution >= 4 is 35.2 Å². The van der Waals surface area contributed by atoms with Gasteiger partial charge in [-0.1, -0.05) is 44.0 Å². The lowest BCUT2D eigenvalue weighted by atomic mass is 9.99. The third-order valence-electron chi connectivity index (χ3n) is 2.99. The number of rotatable bonds is 7. The lowest BCUT2D eigenvalue weighted by molar-refractivity contribution is -0.143. The summed E-state index contributed by atoms with van der Waals surface area (Å²) in [5.41, 5.74) is 0. The van der Waals surface area contributed by atoms with Crippen LogP contribution in [0.2, 0.25) is 5.02 Å². The Hall–Kier alpha value is -1.20. The molecule has 0 aromatic heterocycles. The average Bonchev–Trinajstić information content (AvgIpc) is 2.42. The Kier molecular flexibility index (Phi) is 6.88. The second kappa shape index (κ2) is 8.17. The number of carboxylic acid groups (broad SMARTS) is 1. The normalized spacial score (nSPS) is 13.6. The molecule has 0 aliphatic rings. The maximum absolute atomic E-state index is 11.8. The molecule has 4 nitrogen and oxygen atoms in total. The summed E-state index contributed by atoms with van der Waals surface area (Å²) in [6.07, 6.45) is 0.689. The molecule has 0 heterocycles. The molecule has 0 radical (unpaired) electrons. The van der Waals surface area contributed by atoms with Crippen molar-refractivity contribution < 1.29 is 14.7 Å². The molecule has 0 fully saturated rings. The monoisotopic (exact) mass is 315 g/mol. The number of hydrogen-bond donors (Lipinski definition) is 2. The van der Waals surface area contributed by atoms with Gasteiger partial charge in [0.05, 0.1) is 10.8 Å². The van der Waals surface area contributed by atoms with Crippen LogP contribution in [0.4, 0.5) is 0 Å². The highest BCUT2D eigenvalue weighted by molar-refractivity contribution is 8.00. The van der Waals surface area contributed by atoms with Gasteiger partial charge in [-0.05, 0) is 18.1 Å². The van der Waals surface area contributed by atoms with E-state index in [0.717, 1.165) is 4.90 Å². The van der Waals surface area contributed by atoms with Crippen molar-refractivity contribution in [2.75, 3.05) is 5.75 Å². The van der Waals surface area contributed by atoms with Crippen molar-refractivity contribution in [3.63, 3.8) is 0 Å². The quantitative estimate of drug-likeness (QED) is 0.759. The van der Waals surface area contributed by atoms with E-state index in [1.54, 1.807) is 13.0 Å². The van der Waals surface area contributed by atoms with E-state index in [0.29, 0.717) is 11.4 Å². The number of nitrogens with one attached hydrogen (secondary N) is 1. The molecule has 1 unspecified atom stereocenters. The van der Waals surface area contributed by atoms with Gasteiger partial charge >= 0.3 is 5.97 Å². The molecule has 0 saturated carbocycles. The Morgan fingerprint density at radius 3 is 2.60 bits per heavy atom. The molecule has 1 aromatic carbocycles. The van der Waals surface area contributed by atoms with Crippen LogP contribution in [0, 0.1) is 5.92 Å². The minimum Gasteiger partial charge on any atom is -0.480 e. The number of amides is 1. The first kappa shape index (κ1) is 16.9. The summed E-state index contributed by atoms with van der Waals surface area (Å²) in [4.78, 5) is 23.8. The van der Waals surface area contributed by atoms with Crippen molar-refractivity contribution in [2.24, 2.45) is 5.92 Å². The van der Waals surface area contributed by atoms with Crippen LogP contribution in [-0.2, 0) is 9.59 Å². The number of carbonyl (C=O) groups excluding carboxylic acids is 1. The van der Waals surface area contributed by atoms with Crippen molar-refractivity contribution in [1.82, 2.24) is 5.32 Å². The molecule has 1 rings (SSSR count). The molecule has 6 heteroatoms. The fourth-order valence-electron chi connectivity index (χ4n) is 1.60. The molecular weight excluding hydrogens is 298 g/mol. The van der Waals surface area contributed by atoms with Crippen LogP contribution in [0.25, 0.3) is 0 Å². The summed E-state index contributed by atoms with van der Waals surface area (Å²) in [6.45, 7) is 3.70. The van der Waals surface area contributed by atoms with Gasteiger partial charge in [-0.15, -0.1) is 11.8 Å². The van der Waals surface area contributed by atoms with Crippen LogP contribution in [0.15, 0.2) is 29.2 Å². The highest BCUT2D eigenvalue weighted by Gasteiger charge is 2.25. The molecule has 1 aromatic rings. The van der Waals surface area contributed by atoms with Crippen LogP contribution in [0.5, 0.6) is 0 Å². The SMILES string of the molecule is CCC(C)[C@H](NC(=O)CSc1ccccc1Cl)C(=O)O. The highest BCUT2D eigenvalue weighted by Crippen LogP contribution is 2.26. The van der Waals surface area contributed by atoms with E-state index in [9.17, 15) is 9.59 Å². The van der Waals surface area contributed by atoms with Gasteiger partial charge in [-0.25, -0.2) is 4.79 Å². The van der Waals surface area contributed by atoms with Crippen LogP contribution < -0.4 is 5.32 Å². The summed E-state index contributed by atoms with van der Waals surface area (Å²) in [5.74, 6) is -1.27. The summed E-state index contributed by atoms with van der Waals surface area (Å²) in [7, 11) is 0. The molecule has 0 bridgehead atoms. The van der Waals surface area contributed by atoms with Crippen LogP contribution in [-0.4, -0.2) is 28.8 Å². The van der Waals surface area contributed by atoms with Crippen LogP contribution in [0.3, 0.4) is 0 Å². The molecule has 0 aliphatic heterocycles. The van der Waals surface area contributed by atoms with Crippen molar-refractivity contribution in [1.29, 1.82) is 0 Å². The second-order valence-corrected chi connectivity index (χ2v) is 5.91. The molecule has 0 aliphatic carbocycles. The van der Waals surface area contributed by atoms with Crippen molar-refractivity contribution in [3.05, 3.63) is 29.3 Å². The Morgan fingerprint density at radius 1 is 1.40 bits per heavy atom. The van der Waals surface area contributed by atoms with Gasteiger partial charge in [0.15, 0.2) is 0 Å². The minimum absolute atomic E-state index is 0.109. The lowest BCUT2D eigenvalue weighted by Crippen LogP contribution is -2.45. The molecule has 0 spiro atoms. The number of halogens is 1. The molecule has 20 heavy (non-hydrogen) atoms. The predicted molar refractivity (Wildman–Crippen MR) is 81.2 cm³/mol. The molecule has 110 valence electrons. The smallest absolute Gasteiger partial charge is 0.326 e. The van der Waals surface area contributed by atoms with Gasteiger partial charge < -0.3 is 10.4 Å². The average molecular weight is 316 g/mol. The summed E-state index contributed by atoms with van der Waals surface area (Å²) in [6, 6.07) is 6.38. The maximum Gasteiger partial charge on any atom is 0.326 e. The zero-order valence-corrected chi connectivity index (χ0v) is 13.0. The number of aliphatic carboxylic acids is 1. The number of thioether (sulfide) groups is 1. The van der Waals surface area contributed by atoms with E-state index in [1.807, 2.05) is 25.1 Å². The van der Waals surface area contributed by atoms with Gasteiger partial charge in [-0.2, -0.15) is 0 Å². The predicted octanol–water partition coefficient (Wildman–Crippen LogP) is 3.05. The minimum atomic E-state index is -1.00. The Bertz CT molecular complexity index is 481. The molecule has 2 N–H and O–H groups in total. The van der Waals surface area contributed by atoms with Gasteiger partial charge in [0.2, 0.25) is 5.91 Å². The Morgan fingerprint density at radius 2 is 2.05 bits per heavy atom. The number of carbonyl (C=O) groups is 2. The van der Waals surface area contributed by atoms with Gasteiger partial charge in [0.25, 0.3) is 0 Å². The third-order valence-corrected chi connectivity index (χ3v) is 4.51. The van der Waals surface area contributed by atoms with Crippen LogP contribution in [0.1, 0.15) is 20.3 Å². The summed E-state index contributed by atoms with van der Waals surface area (Å²) in [5, 5.41) is 12.3. The van der Waals surface area contributed by atoms with E-state index < -0.39 is 12.0 Å². The topological polar surface area (TPSA) is 66.4 Å². The van der Waals surface area contributed by atoms with E-state index in [-0.39, 0.29) is 17.6 Å². The fraction of sp³-hybridized carbons (Fsp3) is 0.429. The van der Waals surface area contributed by atoms with E-state index >= 15 is 0 Å². The third kappa shape index (κ3) is 5.06. The van der Waals surface area contributed by atoms with Crippen LogP contribution >= 0.6 is 23.4 Å². The maximum atomic E-state index is 11.8. The van der Waals surface area contributed by atoms with Crippen molar-refractivity contribution in [2.45, 2.75) is 31.2 Å². The molecule has 1 amide bonds. The second-order valence-electron chi connectivity index (χ2n) is 4.49. The molecule has 0 saturated heterocycles. The van der Waals surface area contributed by atoms with Gasteiger partial charge in [0.1, 0.15) is 6.04 Å². The van der Waals surface area contributed by atoms with E-state index in [2.05, 4.69) is 5.32 Å². The fourth-order valence-corrected chi connectivity index (χ4v) is 2.65. The summed E-state index contributed by atoms with van der Waals surface area (Å²) < 4.78 is 0. The standard InChI is InChI=1S/C14H18ClNO3S/c1-3-9(2)13(14(18)19)16-12(17)8-20-11-7-5-4-6-10(11)15/h4-7,9,13H,3,8H2,1-2H3,(H,16,17)(H,18,19)/t9?,13-/m0/s1. The van der Waals surface area contributed by atoms with Gasteiger partial charge in [-0.3, -0.25) is 4.79 Å². The first-order valence-corrected chi connectivity index (χ1v) is 7.71. The first-order chi connectivity index (χ1) is 9.45. The largest absolute Gasteiger partial charge is 0.480 e.